The summed E-state index contributed by atoms with van der Waals surface area (Å²) in [6, 6.07) is 26.2. The van der Waals surface area contributed by atoms with E-state index < -0.39 is 55.3 Å². The fraction of sp³-hybridized carbons (Fsp3) is 0.412. The summed E-state index contributed by atoms with van der Waals surface area (Å²) in [6.07, 6.45) is 11.8. The lowest BCUT2D eigenvalue weighted by atomic mass is 10.00. The van der Waals surface area contributed by atoms with Crippen molar-refractivity contribution < 1.29 is 86.2 Å². The normalized spacial score (nSPS) is 19.1. The number of ketones is 2. The Morgan fingerprint density at radius 2 is 1.05 bits per heavy atom. The number of nitrogens with zero attached hydrogens (tertiary/aromatic N) is 9. The first-order valence-corrected chi connectivity index (χ1v) is 39.2. The van der Waals surface area contributed by atoms with Crippen LogP contribution in [0.15, 0.2) is 129 Å². The third-order valence-corrected chi connectivity index (χ3v) is 21.7. The molecule has 0 radical (unpaired) electrons. The molecule has 6 atom stereocenters. The Balaban J connectivity index is 0.000000215. The number of carboxylic acids is 1. The summed E-state index contributed by atoms with van der Waals surface area (Å²) >= 11 is 1.38. The van der Waals surface area contributed by atoms with Gasteiger partial charge in [0.15, 0.2) is 48.3 Å². The summed E-state index contributed by atoms with van der Waals surface area (Å²) in [5.41, 5.74) is 7.02. The number of aromatic nitrogens is 5. The van der Waals surface area contributed by atoms with Crippen LogP contribution in [0.4, 0.5) is 32.6 Å². The minimum atomic E-state index is -1.19. The van der Waals surface area contributed by atoms with Crippen molar-refractivity contribution in [2.75, 3.05) is 60.0 Å². The molecule has 0 saturated carbocycles. The molecule has 29 nitrogen and oxygen atoms in total. The molecule has 4 fully saturated rings. The van der Waals surface area contributed by atoms with E-state index in [0.29, 0.717) is 119 Å². The number of piperidine rings is 2. The van der Waals surface area contributed by atoms with E-state index in [0.717, 1.165) is 72.8 Å². The minimum absolute atomic E-state index is 0. The van der Waals surface area contributed by atoms with Crippen LogP contribution >= 0.6 is 11.3 Å². The van der Waals surface area contributed by atoms with Crippen LogP contribution < -0.4 is 29.9 Å². The SMILES string of the molecule is C.C=CCOC(=O)N1c2cc(OCc3cccc(CC(=O)Nc4cn(C)c(C(=O)Cc5nc6cc(C(C)=O)ccc6s5)n4)c3)c(C)cc2C(=O)N2CCCC[C@H]2C1OC1CCCCO1.C=CCOC(=O)N1c2cc(OCc3cccc(CC(=O)Nc4cn(C)c(C(=O)O)n4)c3)c(C)cc2C(=O)N2CCCC[C@H]2C1OC1CCCCO1. The van der Waals surface area contributed by atoms with Crippen LogP contribution in [-0.4, -0.2) is 169 Å². The highest BCUT2D eigenvalue weighted by Crippen LogP contribution is 2.43. The number of imidazole rings is 2. The molecule has 30 heteroatoms. The molecule has 4 saturated heterocycles. The smallest absolute Gasteiger partial charge is 0.416 e. The lowest BCUT2D eigenvalue weighted by Gasteiger charge is -2.42. The Hall–Kier alpha value is -11.4. The highest BCUT2D eigenvalue weighted by Gasteiger charge is 2.49. The molecule has 4 unspecified atom stereocenters. The Bertz CT molecular complexity index is 4980. The number of hydrogen-bond acceptors (Lipinski definition) is 21. The van der Waals surface area contributed by atoms with E-state index in [1.54, 1.807) is 60.3 Å². The number of aromatic carboxylic acids is 1. The third kappa shape index (κ3) is 19.7. The molecule has 3 N–H and O–H groups in total. The number of ether oxygens (including phenoxy) is 8. The average molecular weight is 1590 g/mol. The molecule has 6 aliphatic rings. The second-order valence-corrected chi connectivity index (χ2v) is 30.2. The van der Waals surface area contributed by atoms with Crippen molar-refractivity contribution in [3.8, 4) is 11.5 Å². The fourth-order valence-corrected chi connectivity index (χ4v) is 16.1. The van der Waals surface area contributed by atoms with Crippen molar-refractivity contribution in [3.63, 3.8) is 0 Å². The first-order valence-electron chi connectivity index (χ1n) is 38.4. The van der Waals surface area contributed by atoms with Gasteiger partial charge in [-0.2, -0.15) is 0 Å². The first kappa shape index (κ1) is 83.0. The number of rotatable bonds is 25. The van der Waals surface area contributed by atoms with Gasteiger partial charge in [-0.1, -0.05) is 81.3 Å². The fourth-order valence-electron chi connectivity index (χ4n) is 15.1. The molecule has 6 aliphatic heterocycles. The van der Waals surface area contributed by atoms with E-state index in [1.165, 1.54) is 58.0 Å². The molecule has 9 heterocycles. The molecular weight excluding hydrogens is 1500 g/mol. The zero-order chi connectivity index (χ0) is 80.3. The Kier molecular flexibility index (Phi) is 27.2. The van der Waals surface area contributed by atoms with Crippen molar-refractivity contribution in [2.45, 2.75) is 175 Å². The average Bonchev–Trinajstić information content (AvgIpc) is 1.62. The number of aryl methyl sites for hydroxylation is 4. The van der Waals surface area contributed by atoms with Gasteiger partial charge in [-0.05, 0) is 162 Å². The van der Waals surface area contributed by atoms with Gasteiger partial charge in [0.25, 0.3) is 11.8 Å². The van der Waals surface area contributed by atoms with Gasteiger partial charge in [0.2, 0.25) is 23.4 Å². The minimum Gasteiger partial charge on any atom is -0.489 e. The molecule has 3 aromatic heterocycles. The van der Waals surface area contributed by atoms with Gasteiger partial charge >= 0.3 is 18.2 Å². The van der Waals surface area contributed by atoms with Crippen LogP contribution in [0, 0.1) is 13.8 Å². The zero-order valence-corrected chi connectivity index (χ0v) is 65.2. The number of Topliss-reactive ketones (excluding diaryl/α,β-unsaturated/α-hetero) is 2. The van der Waals surface area contributed by atoms with Crippen molar-refractivity contribution in [1.29, 1.82) is 0 Å². The number of thiazole rings is 1. The molecule has 0 aliphatic carbocycles. The van der Waals surface area contributed by atoms with Gasteiger partial charge in [-0.15, -0.1) is 11.3 Å². The standard InChI is InChI=1S/C47H50N6O9S.C37H43N5O9.CH4/c1-5-18-60-47(58)53-36-24-38(28(2)20-33(36)45(57)52-17-8-6-13-35(52)46(53)62-43-14-7-9-19-59-43)61-27-31-12-10-11-30(21-31)22-41(56)49-40-26-51(4)44(50-40)37(55)25-42-48-34-23-32(29(3)54)15-16-39(34)63-42;1-4-15-49-37(47)42-28-20-29(50-22-25-11-9-10-24(18-25)19-31(43)38-30-21-40(3)33(39-30)36(45)46)23(2)17-26(28)34(44)41-14-7-5-12-27(41)35(42)51-32-13-6-8-16-48-32;/h5,10-12,15-16,20-21,23-24,26,35,43,46H,1,6-9,13-14,17-19,22,25,27H2,2-4H3,(H,49,56);4,9-11,17-18,20-21,27,32,35H,1,5-8,12-16,19,22H2,2-3H3,(H,38,43)(H,45,46);1H4/t35-,43?,46?;27-,32?,35?;/m00./s1. The quantitative estimate of drug-likeness (QED) is 0.0353. The number of anilines is 4. The molecule has 6 amide bonds. The highest BCUT2D eigenvalue weighted by molar-refractivity contribution is 7.18. The van der Waals surface area contributed by atoms with Crippen molar-refractivity contribution in [3.05, 3.63) is 195 Å². The summed E-state index contributed by atoms with van der Waals surface area (Å²) in [7, 11) is 3.23. The number of carboxylic acid groups (broad SMARTS) is 1. The van der Waals surface area contributed by atoms with E-state index in [1.807, 2.05) is 72.2 Å². The molecular formula is C85H97N11O18S. The van der Waals surface area contributed by atoms with Gasteiger partial charge < -0.3 is 72.6 Å². The predicted octanol–water partition coefficient (Wildman–Crippen LogP) is 13.6. The number of carbonyl (C=O) groups excluding carboxylic acids is 8. The molecule has 0 bridgehead atoms. The predicted molar refractivity (Wildman–Crippen MR) is 429 cm³/mol. The number of amides is 6. The van der Waals surface area contributed by atoms with Gasteiger partial charge in [-0.3, -0.25) is 28.8 Å². The maximum absolute atomic E-state index is 14.3. The Morgan fingerprint density at radius 1 is 0.583 bits per heavy atom. The van der Waals surface area contributed by atoms with Crippen LogP contribution in [0.1, 0.15) is 182 Å². The molecule has 606 valence electrons. The van der Waals surface area contributed by atoms with Gasteiger partial charge in [0.1, 0.15) is 42.9 Å². The van der Waals surface area contributed by atoms with Crippen LogP contribution in [0.3, 0.4) is 0 Å². The van der Waals surface area contributed by atoms with Crippen LogP contribution in [-0.2, 0) is 84.6 Å². The van der Waals surface area contributed by atoms with Crippen molar-refractivity contribution in [2.24, 2.45) is 14.1 Å². The van der Waals surface area contributed by atoms with Crippen LogP contribution in [0.25, 0.3) is 10.2 Å². The van der Waals surface area contributed by atoms with E-state index in [2.05, 4.69) is 38.7 Å². The van der Waals surface area contributed by atoms with Crippen molar-refractivity contribution >= 4 is 97.9 Å². The summed E-state index contributed by atoms with van der Waals surface area (Å²) < 4.78 is 52.8. The van der Waals surface area contributed by atoms with Crippen LogP contribution in [0.5, 0.6) is 11.5 Å². The Morgan fingerprint density at radius 3 is 1.50 bits per heavy atom. The topological polar surface area (TPSA) is 333 Å². The van der Waals surface area contributed by atoms with E-state index in [4.69, 9.17) is 37.9 Å². The largest absolute Gasteiger partial charge is 0.489 e. The van der Waals surface area contributed by atoms with E-state index in [9.17, 15) is 48.3 Å². The summed E-state index contributed by atoms with van der Waals surface area (Å²) in [5.74, 6) is -1.24. The summed E-state index contributed by atoms with van der Waals surface area (Å²) in [6.45, 7) is 15.0. The van der Waals surface area contributed by atoms with Crippen LogP contribution in [0.2, 0.25) is 0 Å². The zero-order valence-electron chi connectivity index (χ0n) is 64.4. The maximum atomic E-state index is 14.3. The van der Waals surface area contributed by atoms with Crippen molar-refractivity contribution in [1.82, 2.24) is 33.9 Å². The monoisotopic (exact) mass is 1590 g/mol. The highest BCUT2D eigenvalue weighted by atomic mass is 32.1. The first-order chi connectivity index (χ1) is 55.1. The number of fused-ring (bicyclic) bond motifs is 5. The molecule has 115 heavy (non-hydrogen) atoms. The van der Waals surface area contributed by atoms with Gasteiger partial charge in [0.05, 0.1) is 64.1 Å². The maximum Gasteiger partial charge on any atom is 0.416 e. The summed E-state index contributed by atoms with van der Waals surface area (Å²) in [5, 5.41) is 15.3. The lowest BCUT2D eigenvalue weighted by Crippen LogP contribution is -2.57. The van der Waals surface area contributed by atoms with Gasteiger partial charge in [-0.25, -0.2) is 39.1 Å². The lowest BCUT2D eigenvalue weighted by molar-refractivity contribution is -0.199. The number of benzene rings is 5. The van der Waals surface area contributed by atoms with E-state index >= 15 is 0 Å². The molecule has 0 spiro atoms. The third-order valence-electron chi connectivity index (χ3n) is 20.6. The second-order valence-electron chi connectivity index (χ2n) is 29.0. The molecule has 8 aromatic rings. The van der Waals surface area contributed by atoms with Gasteiger partial charge in [0, 0.05) is 70.5 Å². The number of carbonyl (C=O) groups is 9. The number of nitrogens with one attached hydrogen (secondary N) is 2. The second kappa shape index (κ2) is 37.7. The molecule has 5 aromatic carbocycles. The number of hydrogen-bond donors (Lipinski definition) is 3. The Labute approximate surface area is 670 Å². The summed E-state index contributed by atoms with van der Waals surface area (Å²) in [4.78, 5) is 138. The van der Waals surface area contributed by atoms with E-state index in [-0.39, 0.29) is 112 Å². The molecule has 14 rings (SSSR count).